The fourth-order valence-electron chi connectivity index (χ4n) is 2.31. The Bertz CT molecular complexity index is 154. The van der Waals surface area contributed by atoms with Crippen molar-refractivity contribution < 1.29 is 9.53 Å². The van der Waals surface area contributed by atoms with Crippen LogP contribution in [0.2, 0.25) is 0 Å². The van der Waals surface area contributed by atoms with Gasteiger partial charge in [0.2, 0.25) is 0 Å². The summed E-state index contributed by atoms with van der Waals surface area (Å²) in [5, 5.41) is 0. The second-order valence-electron chi connectivity index (χ2n) is 4.91. The van der Waals surface area contributed by atoms with Crippen LogP contribution in [0.1, 0.15) is 64.2 Å². The van der Waals surface area contributed by atoms with Gasteiger partial charge >= 0.3 is 0 Å². The third-order valence-corrected chi connectivity index (χ3v) is 3.42. The van der Waals surface area contributed by atoms with E-state index in [-0.39, 0.29) is 0 Å². The molecule has 94 valence electrons. The van der Waals surface area contributed by atoms with Gasteiger partial charge in [-0.2, -0.15) is 0 Å². The summed E-state index contributed by atoms with van der Waals surface area (Å²) in [4.78, 5) is 10.9. The molecule has 0 N–H and O–H groups in total. The Morgan fingerprint density at radius 3 is 1.94 bits per heavy atom. The molecule has 0 spiro atoms. The quantitative estimate of drug-likeness (QED) is 0.637. The molecule has 1 heterocycles. The second-order valence-corrected chi connectivity index (χ2v) is 4.91. The minimum absolute atomic E-state index is 0.308. The van der Waals surface area contributed by atoms with Gasteiger partial charge in [-0.25, -0.2) is 0 Å². The topological polar surface area (TPSA) is 26.3 Å². The van der Waals surface area contributed by atoms with Crippen molar-refractivity contribution in [3.63, 3.8) is 0 Å². The first-order valence-corrected chi connectivity index (χ1v) is 6.96. The van der Waals surface area contributed by atoms with Gasteiger partial charge in [-0.15, -0.1) is 0 Å². The van der Waals surface area contributed by atoms with Gasteiger partial charge in [0.1, 0.15) is 6.29 Å². The van der Waals surface area contributed by atoms with E-state index in [1.54, 1.807) is 0 Å². The zero-order valence-corrected chi connectivity index (χ0v) is 10.5. The molecule has 1 aliphatic heterocycles. The Hall–Kier alpha value is -0.370. The molecule has 0 amide bonds. The fourth-order valence-corrected chi connectivity index (χ4v) is 2.31. The number of ether oxygens (including phenoxy) is 1. The van der Waals surface area contributed by atoms with Crippen molar-refractivity contribution in [1.29, 1.82) is 0 Å². The molecule has 1 aliphatic rings. The molecular formula is C14H26O2. The summed E-state index contributed by atoms with van der Waals surface area (Å²) in [7, 11) is 0. The molecule has 1 unspecified atom stereocenters. The molecule has 1 fully saturated rings. The molecule has 0 aromatic heterocycles. The summed E-state index contributed by atoms with van der Waals surface area (Å²) in [5.74, 6) is 0.308. The van der Waals surface area contributed by atoms with E-state index in [0.29, 0.717) is 5.92 Å². The number of carbonyl (C=O) groups is 1. The lowest BCUT2D eigenvalue weighted by Gasteiger charge is -2.11. The summed E-state index contributed by atoms with van der Waals surface area (Å²) >= 11 is 0. The molecule has 2 nitrogen and oxygen atoms in total. The fraction of sp³-hybridized carbons (Fsp3) is 0.929. The molecule has 1 saturated heterocycles. The van der Waals surface area contributed by atoms with E-state index in [1.807, 2.05) is 0 Å². The highest BCUT2D eigenvalue weighted by atomic mass is 16.5. The van der Waals surface area contributed by atoms with Crippen LogP contribution < -0.4 is 0 Å². The number of hydrogen-bond acceptors (Lipinski definition) is 2. The van der Waals surface area contributed by atoms with E-state index in [4.69, 9.17) is 4.74 Å². The molecule has 0 aliphatic carbocycles. The van der Waals surface area contributed by atoms with E-state index < -0.39 is 0 Å². The first-order valence-electron chi connectivity index (χ1n) is 6.96. The summed E-state index contributed by atoms with van der Waals surface area (Å²) in [6.45, 7) is 1.81. The Kier molecular flexibility index (Phi) is 8.41. The summed E-state index contributed by atoms with van der Waals surface area (Å²) in [6.07, 6.45) is 13.3. The van der Waals surface area contributed by atoms with Crippen LogP contribution in [0, 0.1) is 5.92 Å². The SMILES string of the molecule is O=CC1CCCCCCCCOCCCC1. The van der Waals surface area contributed by atoms with Crippen LogP contribution in [-0.2, 0) is 9.53 Å². The molecule has 1 atom stereocenters. The molecule has 0 aromatic rings. The van der Waals surface area contributed by atoms with E-state index in [2.05, 4.69) is 0 Å². The minimum atomic E-state index is 0.308. The number of carbonyl (C=O) groups excluding carboxylic acids is 1. The van der Waals surface area contributed by atoms with Crippen LogP contribution in [0.5, 0.6) is 0 Å². The predicted molar refractivity (Wildman–Crippen MR) is 66.5 cm³/mol. The van der Waals surface area contributed by atoms with Crippen molar-refractivity contribution in [3.8, 4) is 0 Å². The average Bonchev–Trinajstić information content (AvgIpc) is 2.32. The monoisotopic (exact) mass is 226 g/mol. The highest BCUT2D eigenvalue weighted by Crippen LogP contribution is 2.16. The maximum Gasteiger partial charge on any atom is 0.123 e. The lowest BCUT2D eigenvalue weighted by atomic mass is 9.96. The van der Waals surface area contributed by atoms with Crippen molar-refractivity contribution >= 4 is 6.29 Å². The van der Waals surface area contributed by atoms with E-state index in [1.165, 1.54) is 38.5 Å². The van der Waals surface area contributed by atoms with Crippen LogP contribution in [0.3, 0.4) is 0 Å². The van der Waals surface area contributed by atoms with Crippen molar-refractivity contribution in [2.75, 3.05) is 13.2 Å². The van der Waals surface area contributed by atoms with Crippen LogP contribution in [-0.4, -0.2) is 19.5 Å². The third kappa shape index (κ3) is 7.00. The molecular weight excluding hydrogens is 200 g/mol. The molecule has 0 bridgehead atoms. The molecule has 0 saturated carbocycles. The highest BCUT2D eigenvalue weighted by Gasteiger charge is 2.07. The van der Waals surface area contributed by atoms with Crippen LogP contribution in [0.4, 0.5) is 0 Å². The Labute approximate surface area is 99.8 Å². The van der Waals surface area contributed by atoms with Crippen molar-refractivity contribution in [2.45, 2.75) is 64.2 Å². The lowest BCUT2D eigenvalue weighted by molar-refractivity contribution is -0.111. The average molecular weight is 226 g/mol. The van der Waals surface area contributed by atoms with Crippen LogP contribution >= 0.6 is 0 Å². The highest BCUT2D eigenvalue weighted by molar-refractivity contribution is 5.53. The van der Waals surface area contributed by atoms with Crippen LogP contribution in [0.25, 0.3) is 0 Å². The lowest BCUT2D eigenvalue weighted by Crippen LogP contribution is -2.04. The number of hydrogen-bond donors (Lipinski definition) is 0. The standard InChI is InChI=1S/C14H26O2/c15-13-14-9-5-3-1-2-4-7-11-16-12-8-6-10-14/h13-14H,1-12H2. The van der Waals surface area contributed by atoms with Gasteiger partial charge in [-0.3, -0.25) is 0 Å². The normalized spacial score (nSPS) is 26.9. The molecule has 2 heteroatoms. The van der Waals surface area contributed by atoms with Gasteiger partial charge < -0.3 is 9.53 Å². The third-order valence-electron chi connectivity index (χ3n) is 3.42. The Morgan fingerprint density at radius 2 is 1.25 bits per heavy atom. The number of aldehydes is 1. The summed E-state index contributed by atoms with van der Waals surface area (Å²) in [6, 6.07) is 0. The molecule has 0 radical (unpaired) electrons. The van der Waals surface area contributed by atoms with Gasteiger partial charge in [0.25, 0.3) is 0 Å². The first-order chi connectivity index (χ1) is 7.93. The smallest absolute Gasteiger partial charge is 0.123 e. The van der Waals surface area contributed by atoms with Crippen molar-refractivity contribution in [3.05, 3.63) is 0 Å². The Balaban J connectivity index is 2.18. The summed E-state index contributed by atoms with van der Waals surface area (Å²) < 4.78 is 5.56. The first kappa shape index (κ1) is 13.7. The molecule has 16 heavy (non-hydrogen) atoms. The minimum Gasteiger partial charge on any atom is -0.381 e. The predicted octanol–water partition coefficient (Wildman–Crippen LogP) is 3.73. The molecule has 1 rings (SSSR count). The largest absolute Gasteiger partial charge is 0.381 e. The van der Waals surface area contributed by atoms with Gasteiger partial charge in [-0.05, 0) is 25.7 Å². The van der Waals surface area contributed by atoms with Gasteiger partial charge in [0.05, 0.1) is 0 Å². The van der Waals surface area contributed by atoms with E-state index >= 15 is 0 Å². The van der Waals surface area contributed by atoms with E-state index in [0.717, 1.165) is 45.2 Å². The maximum atomic E-state index is 10.9. The van der Waals surface area contributed by atoms with Gasteiger partial charge in [0, 0.05) is 19.1 Å². The molecule has 0 aromatic carbocycles. The van der Waals surface area contributed by atoms with Gasteiger partial charge in [0.15, 0.2) is 0 Å². The maximum absolute atomic E-state index is 10.9. The van der Waals surface area contributed by atoms with Crippen molar-refractivity contribution in [2.24, 2.45) is 5.92 Å². The zero-order chi connectivity index (χ0) is 11.5. The van der Waals surface area contributed by atoms with Crippen molar-refractivity contribution in [1.82, 2.24) is 0 Å². The summed E-state index contributed by atoms with van der Waals surface area (Å²) in [5.41, 5.74) is 0. The number of rotatable bonds is 1. The van der Waals surface area contributed by atoms with E-state index in [9.17, 15) is 4.79 Å². The second kappa shape index (κ2) is 9.83. The van der Waals surface area contributed by atoms with Gasteiger partial charge in [-0.1, -0.05) is 38.5 Å². The Morgan fingerprint density at radius 1 is 0.750 bits per heavy atom. The zero-order valence-electron chi connectivity index (χ0n) is 10.5. The van der Waals surface area contributed by atoms with Crippen LogP contribution in [0.15, 0.2) is 0 Å².